The van der Waals surface area contributed by atoms with Gasteiger partial charge in [0, 0.05) is 22.7 Å². The van der Waals surface area contributed by atoms with Crippen molar-refractivity contribution in [2.45, 2.75) is 32.2 Å². The zero-order chi connectivity index (χ0) is 13.7. The van der Waals surface area contributed by atoms with Gasteiger partial charge in [-0.2, -0.15) is 5.26 Å². The highest BCUT2D eigenvalue weighted by Crippen LogP contribution is 2.20. The van der Waals surface area contributed by atoms with Crippen LogP contribution in [-0.4, -0.2) is 30.6 Å². The lowest BCUT2D eigenvalue weighted by Gasteiger charge is -2.32. The molecule has 0 radical (unpaired) electrons. The standard InChI is InChI=1S/C15H20BrN3/c1-12(19-5-3-2-4-6-19)11-18-15-8-13(10-17)7-14(16)9-15/h7-9,12,18H,2-6,11H2,1H3. The molecule has 1 saturated heterocycles. The largest absolute Gasteiger partial charge is 0.383 e. The molecule has 0 saturated carbocycles. The van der Waals surface area contributed by atoms with Crippen LogP contribution in [0.2, 0.25) is 0 Å². The van der Waals surface area contributed by atoms with E-state index in [4.69, 9.17) is 5.26 Å². The van der Waals surface area contributed by atoms with Gasteiger partial charge in [0.05, 0.1) is 11.6 Å². The van der Waals surface area contributed by atoms with Crippen molar-refractivity contribution < 1.29 is 0 Å². The van der Waals surface area contributed by atoms with Crippen LogP contribution in [0.1, 0.15) is 31.7 Å². The zero-order valence-electron chi connectivity index (χ0n) is 11.3. The predicted molar refractivity (Wildman–Crippen MR) is 82.2 cm³/mol. The molecule has 1 aliphatic heterocycles. The smallest absolute Gasteiger partial charge is 0.0992 e. The Morgan fingerprint density at radius 1 is 1.32 bits per heavy atom. The maximum atomic E-state index is 8.96. The van der Waals surface area contributed by atoms with Gasteiger partial charge >= 0.3 is 0 Å². The molecule has 19 heavy (non-hydrogen) atoms. The van der Waals surface area contributed by atoms with Crippen molar-refractivity contribution in [3.8, 4) is 6.07 Å². The molecule has 0 aliphatic carbocycles. The Balaban J connectivity index is 1.91. The van der Waals surface area contributed by atoms with Gasteiger partial charge in [0.1, 0.15) is 0 Å². The monoisotopic (exact) mass is 321 g/mol. The molecule has 0 aromatic heterocycles. The van der Waals surface area contributed by atoms with Crippen LogP contribution in [0.4, 0.5) is 5.69 Å². The Bertz CT molecular complexity index is 461. The van der Waals surface area contributed by atoms with E-state index in [0.29, 0.717) is 11.6 Å². The zero-order valence-corrected chi connectivity index (χ0v) is 12.9. The molecule has 1 aromatic rings. The lowest BCUT2D eigenvalue weighted by molar-refractivity contribution is 0.180. The normalized spacial score (nSPS) is 17.7. The van der Waals surface area contributed by atoms with Gasteiger partial charge in [-0.3, -0.25) is 4.90 Å². The second-order valence-corrected chi connectivity index (χ2v) is 6.08. The van der Waals surface area contributed by atoms with Gasteiger partial charge in [-0.15, -0.1) is 0 Å². The third-order valence-corrected chi connectivity index (χ3v) is 4.10. The summed E-state index contributed by atoms with van der Waals surface area (Å²) in [4.78, 5) is 2.54. The van der Waals surface area contributed by atoms with E-state index in [2.05, 4.69) is 39.1 Å². The summed E-state index contributed by atoms with van der Waals surface area (Å²) < 4.78 is 0.944. The summed E-state index contributed by atoms with van der Waals surface area (Å²) in [6, 6.07) is 8.46. The van der Waals surface area contributed by atoms with Gasteiger partial charge in [0.25, 0.3) is 0 Å². The van der Waals surface area contributed by atoms with Gasteiger partial charge in [0.15, 0.2) is 0 Å². The Morgan fingerprint density at radius 2 is 2.05 bits per heavy atom. The fourth-order valence-electron chi connectivity index (χ4n) is 2.51. The topological polar surface area (TPSA) is 39.1 Å². The van der Waals surface area contributed by atoms with Crippen LogP contribution in [-0.2, 0) is 0 Å². The summed E-state index contributed by atoms with van der Waals surface area (Å²) in [5, 5.41) is 12.4. The number of benzene rings is 1. The summed E-state index contributed by atoms with van der Waals surface area (Å²) in [6.45, 7) is 5.61. The molecular weight excluding hydrogens is 302 g/mol. The van der Waals surface area contributed by atoms with Gasteiger partial charge in [-0.05, 0) is 51.1 Å². The van der Waals surface area contributed by atoms with Crippen LogP contribution in [0.3, 0.4) is 0 Å². The molecule has 1 N–H and O–H groups in total. The number of hydrogen-bond acceptors (Lipinski definition) is 3. The average molecular weight is 322 g/mol. The molecule has 2 rings (SSSR count). The number of anilines is 1. The Hall–Kier alpha value is -1.05. The lowest BCUT2D eigenvalue weighted by atomic mass is 10.1. The fraction of sp³-hybridized carbons (Fsp3) is 0.533. The second-order valence-electron chi connectivity index (χ2n) is 5.17. The molecule has 1 aromatic carbocycles. The van der Waals surface area contributed by atoms with Crippen molar-refractivity contribution in [1.29, 1.82) is 5.26 Å². The van der Waals surface area contributed by atoms with Gasteiger partial charge in [0.2, 0.25) is 0 Å². The molecule has 1 fully saturated rings. The Labute approximate surface area is 123 Å². The molecule has 0 amide bonds. The van der Waals surface area contributed by atoms with Crippen LogP contribution in [0.25, 0.3) is 0 Å². The molecular formula is C15H20BrN3. The summed E-state index contributed by atoms with van der Waals surface area (Å²) >= 11 is 3.44. The number of nitriles is 1. The van der Waals surface area contributed by atoms with Crippen molar-refractivity contribution in [1.82, 2.24) is 4.90 Å². The van der Waals surface area contributed by atoms with E-state index < -0.39 is 0 Å². The molecule has 102 valence electrons. The molecule has 0 spiro atoms. The summed E-state index contributed by atoms with van der Waals surface area (Å²) in [5.74, 6) is 0. The summed E-state index contributed by atoms with van der Waals surface area (Å²) in [5.41, 5.74) is 1.69. The Kier molecular flexibility index (Phi) is 5.24. The van der Waals surface area contributed by atoms with Crippen LogP contribution >= 0.6 is 15.9 Å². The highest BCUT2D eigenvalue weighted by molar-refractivity contribution is 9.10. The minimum Gasteiger partial charge on any atom is -0.383 e. The fourth-order valence-corrected chi connectivity index (χ4v) is 3.00. The van der Waals surface area contributed by atoms with E-state index in [1.54, 1.807) is 0 Å². The average Bonchev–Trinajstić information content (AvgIpc) is 2.45. The van der Waals surface area contributed by atoms with E-state index in [9.17, 15) is 0 Å². The maximum Gasteiger partial charge on any atom is 0.0992 e. The van der Waals surface area contributed by atoms with Crippen molar-refractivity contribution >= 4 is 21.6 Å². The van der Waals surface area contributed by atoms with Crippen LogP contribution < -0.4 is 5.32 Å². The summed E-state index contributed by atoms with van der Waals surface area (Å²) in [6.07, 6.45) is 4.01. The van der Waals surface area contributed by atoms with Crippen molar-refractivity contribution in [3.63, 3.8) is 0 Å². The second kappa shape index (κ2) is 6.93. The van der Waals surface area contributed by atoms with E-state index in [-0.39, 0.29) is 0 Å². The number of likely N-dealkylation sites (tertiary alicyclic amines) is 1. The number of halogens is 1. The van der Waals surface area contributed by atoms with Gasteiger partial charge in [-0.25, -0.2) is 0 Å². The van der Waals surface area contributed by atoms with Gasteiger partial charge in [-0.1, -0.05) is 22.4 Å². The quantitative estimate of drug-likeness (QED) is 0.920. The summed E-state index contributed by atoms with van der Waals surface area (Å²) in [7, 11) is 0. The van der Waals surface area contributed by atoms with Gasteiger partial charge < -0.3 is 5.32 Å². The van der Waals surface area contributed by atoms with Crippen LogP contribution in [0.5, 0.6) is 0 Å². The highest BCUT2D eigenvalue weighted by atomic mass is 79.9. The van der Waals surface area contributed by atoms with Crippen LogP contribution in [0.15, 0.2) is 22.7 Å². The molecule has 1 atom stereocenters. The first-order valence-corrected chi connectivity index (χ1v) is 7.67. The number of rotatable bonds is 4. The minimum absolute atomic E-state index is 0.532. The van der Waals surface area contributed by atoms with Crippen molar-refractivity contribution in [3.05, 3.63) is 28.2 Å². The molecule has 1 heterocycles. The highest BCUT2D eigenvalue weighted by Gasteiger charge is 2.16. The minimum atomic E-state index is 0.532. The molecule has 1 aliphatic rings. The molecule has 4 heteroatoms. The first kappa shape index (κ1) is 14.4. The SMILES string of the molecule is CC(CNc1cc(Br)cc(C#N)c1)N1CCCCC1. The third-order valence-electron chi connectivity index (χ3n) is 3.64. The molecule has 1 unspecified atom stereocenters. The first-order valence-electron chi connectivity index (χ1n) is 6.87. The van der Waals surface area contributed by atoms with E-state index >= 15 is 0 Å². The van der Waals surface area contributed by atoms with Crippen molar-refractivity contribution in [2.75, 3.05) is 25.0 Å². The number of hydrogen-bond donors (Lipinski definition) is 1. The van der Waals surface area contributed by atoms with Crippen molar-refractivity contribution in [2.24, 2.45) is 0 Å². The van der Waals surface area contributed by atoms with E-state index in [0.717, 1.165) is 16.7 Å². The van der Waals surface area contributed by atoms with Crippen LogP contribution in [0, 0.1) is 11.3 Å². The number of nitrogens with zero attached hydrogens (tertiary/aromatic N) is 2. The number of nitrogens with one attached hydrogen (secondary N) is 1. The van der Waals surface area contributed by atoms with E-state index in [1.807, 2.05) is 18.2 Å². The molecule has 3 nitrogen and oxygen atoms in total. The first-order chi connectivity index (χ1) is 9.19. The van der Waals surface area contributed by atoms with E-state index in [1.165, 1.54) is 32.4 Å². The Morgan fingerprint density at radius 3 is 2.74 bits per heavy atom. The number of piperidine rings is 1. The lowest BCUT2D eigenvalue weighted by Crippen LogP contribution is -2.41. The molecule has 0 bridgehead atoms. The predicted octanol–water partition coefficient (Wildman–Crippen LogP) is 3.61. The maximum absolute atomic E-state index is 8.96. The third kappa shape index (κ3) is 4.22.